The van der Waals surface area contributed by atoms with E-state index in [0.29, 0.717) is 12.0 Å². The molecule has 0 aliphatic carbocycles. The minimum atomic E-state index is -0.633. The fraction of sp³-hybridized carbons (Fsp3) is 0.478. The minimum Gasteiger partial charge on any atom is -0.272 e. The van der Waals surface area contributed by atoms with Crippen LogP contribution in [-0.4, -0.2) is 49.9 Å². The third-order valence-corrected chi connectivity index (χ3v) is 7.85. The molecule has 4 aromatic rings. The zero-order chi connectivity index (χ0) is 22.1. The summed E-state index contributed by atoms with van der Waals surface area (Å²) in [7, 11) is -0.633. The first-order valence-electron chi connectivity index (χ1n) is 11.4. The minimum absolute atomic E-state index is 0.392. The van der Waals surface area contributed by atoms with Crippen LogP contribution >= 0.6 is 0 Å². The SMILES string of the molecule is CCC(CC)n1cc(-c2nc(-c3cnn(CC4CCS(=O)CC4)c3)cn3nccc23)cn1. The molecule has 0 radical (unpaired) electrons. The molecule has 1 aliphatic rings. The van der Waals surface area contributed by atoms with Crippen molar-refractivity contribution in [3.05, 3.63) is 43.2 Å². The molecule has 8 nitrogen and oxygen atoms in total. The molecule has 0 bridgehead atoms. The predicted molar refractivity (Wildman–Crippen MR) is 126 cm³/mol. The summed E-state index contributed by atoms with van der Waals surface area (Å²) in [5.41, 5.74) is 4.63. The first kappa shape index (κ1) is 21.1. The number of hydrogen-bond donors (Lipinski definition) is 0. The summed E-state index contributed by atoms with van der Waals surface area (Å²) in [6.45, 7) is 5.23. The molecule has 1 fully saturated rings. The average Bonchev–Trinajstić information content (AvgIpc) is 3.56. The van der Waals surface area contributed by atoms with Gasteiger partial charge in [0.15, 0.2) is 0 Å². The van der Waals surface area contributed by atoms with Gasteiger partial charge in [-0.15, -0.1) is 0 Å². The van der Waals surface area contributed by atoms with E-state index in [1.54, 1.807) is 6.20 Å². The van der Waals surface area contributed by atoms with Gasteiger partial charge < -0.3 is 0 Å². The number of rotatable bonds is 7. The highest BCUT2D eigenvalue weighted by Crippen LogP contribution is 2.28. The Labute approximate surface area is 190 Å². The Kier molecular flexibility index (Phi) is 5.91. The van der Waals surface area contributed by atoms with Gasteiger partial charge in [-0.2, -0.15) is 15.3 Å². The first-order chi connectivity index (χ1) is 15.6. The van der Waals surface area contributed by atoms with Crippen molar-refractivity contribution in [2.45, 2.75) is 52.1 Å². The lowest BCUT2D eigenvalue weighted by molar-refractivity contribution is 0.390. The normalized spacial score (nSPS) is 19.2. The Morgan fingerprint density at radius 1 is 1.03 bits per heavy atom. The molecule has 32 heavy (non-hydrogen) atoms. The average molecular weight is 452 g/mol. The third-order valence-electron chi connectivity index (χ3n) is 6.46. The molecule has 168 valence electrons. The molecule has 1 saturated heterocycles. The molecule has 0 saturated carbocycles. The van der Waals surface area contributed by atoms with Gasteiger partial charge in [0.1, 0.15) is 0 Å². The zero-order valence-corrected chi connectivity index (χ0v) is 19.4. The predicted octanol–water partition coefficient (Wildman–Crippen LogP) is 3.98. The number of hydrogen-bond acceptors (Lipinski definition) is 5. The first-order valence-corrected chi connectivity index (χ1v) is 12.9. The Hall–Kier alpha value is -2.81. The fourth-order valence-electron chi connectivity index (χ4n) is 4.49. The molecule has 0 N–H and O–H groups in total. The summed E-state index contributed by atoms with van der Waals surface area (Å²) in [6.07, 6.45) is 15.8. The van der Waals surface area contributed by atoms with Gasteiger partial charge in [-0.3, -0.25) is 13.6 Å². The Morgan fingerprint density at radius 2 is 1.81 bits per heavy atom. The largest absolute Gasteiger partial charge is 0.272 e. The van der Waals surface area contributed by atoms with E-state index >= 15 is 0 Å². The van der Waals surface area contributed by atoms with E-state index in [1.165, 1.54) is 0 Å². The van der Waals surface area contributed by atoms with Gasteiger partial charge in [-0.05, 0) is 37.7 Å². The van der Waals surface area contributed by atoms with Crippen molar-refractivity contribution in [3.63, 3.8) is 0 Å². The van der Waals surface area contributed by atoms with Gasteiger partial charge in [0, 0.05) is 52.4 Å². The van der Waals surface area contributed by atoms with Crippen LogP contribution < -0.4 is 0 Å². The van der Waals surface area contributed by atoms with Crippen molar-refractivity contribution in [2.75, 3.05) is 11.5 Å². The van der Waals surface area contributed by atoms with Crippen molar-refractivity contribution in [1.29, 1.82) is 0 Å². The zero-order valence-electron chi connectivity index (χ0n) is 18.6. The van der Waals surface area contributed by atoms with Crippen molar-refractivity contribution in [1.82, 2.24) is 34.2 Å². The molecular formula is C23H29N7OS. The molecular weight excluding hydrogens is 422 g/mol. The molecule has 0 spiro atoms. The van der Waals surface area contributed by atoms with E-state index in [2.05, 4.69) is 41.5 Å². The van der Waals surface area contributed by atoms with Crippen LogP contribution in [0.2, 0.25) is 0 Å². The maximum absolute atomic E-state index is 11.6. The van der Waals surface area contributed by atoms with E-state index in [9.17, 15) is 4.21 Å². The van der Waals surface area contributed by atoms with E-state index in [1.807, 2.05) is 38.5 Å². The summed E-state index contributed by atoms with van der Waals surface area (Å²) in [5.74, 6) is 2.16. The molecule has 4 aromatic heterocycles. The van der Waals surface area contributed by atoms with Crippen molar-refractivity contribution >= 4 is 16.3 Å². The number of nitrogens with zero attached hydrogens (tertiary/aromatic N) is 7. The maximum Gasteiger partial charge on any atom is 0.0999 e. The van der Waals surface area contributed by atoms with Crippen LogP contribution in [0.25, 0.3) is 28.0 Å². The van der Waals surface area contributed by atoms with Crippen LogP contribution in [0, 0.1) is 5.92 Å². The van der Waals surface area contributed by atoms with Gasteiger partial charge in [0.05, 0.1) is 47.7 Å². The topological polar surface area (TPSA) is 82.9 Å². The quantitative estimate of drug-likeness (QED) is 0.424. The highest BCUT2D eigenvalue weighted by molar-refractivity contribution is 7.85. The molecule has 0 unspecified atom stereocenters. The van der Waals surface area contributed by atoms with Crippen molar-refractivity contribution in [3.8, 4) is 22.5 Å². The highest BCUT2D eigenvalue weighted by atomic mass is 32.2. The molecule has 9 heteroatoms. The number of aromatic nitrogens is 7. The molecule has 5 heterocycles. The second-order valence-corrected chi connectivity index (χ2v) is 10.3. The summed E-state index contributed by atoms with van der Waals surface area (Å²) in [4.78, 5) is 5.00. The van der Waals surface area contributed by atoms with Gasteiger partial charge in [0.25, 0.3) is 0 Å². The monoisotopic (exact) mass is 451 g/mol. The molecule has 0 aromatic carbocycles. The molecule has 0 amide bonds. The smallest absolute Gasteiger partial charge is 0.0999 e. The lowest BCUT2D eigenvalue weighted by atomic mass is 10.0. The Balaban J connectivity index is 1.45. The Bertz CT molecular complexity index is 1230. The third kappa shape index (κ3) is 4.13. The Morgan fingerprint density at radius 3 is 2.59 bits per heavy atom. The van der Waals surface area contributed by atoms with Gasteiger partial charge in [-0.1, -0.05) is 13.8 Å². The van der Waals surface area contributed by atoms with Crippen LogP contribution in [0.4, 0.5) is 0 Å². The summed E-state index contributed by atoms with van der Waals surface area (Å²) >= 11 is 0. The van der Waals surface area contributed by atoms with E-state index < -0.39 is 10.8 Å². The fourth-order valence-corrected chi connectivity index (χ4v) is 5.88. The summed E-state index contributed by atoms with van der Waals surface area (Å²) in [5, 5.41) is 13.7. The van der Waals surface area contributed by atoms with Gasteiger partial charge in [0.2, 0.25) is 0 Å². The van der Waals surface area contributed by atoms with E-state index in [4.69, 9.17) is 4.98 Å². The second-order valence-electron chi connectivity index (χ2n) is 8.56. The lowest BCUT2D eigenvalue weighted by Gasteiger charge is -2.20. The summed E-state index contributed by atoms with van der Waals surface area (Å²) in [6, 6.07) is 2.38. The summed E-state index contributed by atoms with van der Waals surface area (Å²) < 4.78 is 17.5. The molecule has 1 aliphatic heterocycles. The van der Waals surface area contributed by atoms with Gasteiger partial charge in [-0.25, -0.2) is 9.50 Å². The van der Waals surface area contributed by atoms with Crippen LogP contribution in [0.5, 0.6) is 0 Å². The standard InChI is InChI=1S/C23H29N7OS/c1-3-20(4-2)29-15-19(12-26-29)23-22-5-8-24-30(22)16-21(27-23)18-11-25-28(14-18)13-17-6-9-32(31)10-7-17/h5,8,11-12,14-17,20H,3-4,6-7,9-10,13H2,1-2H3. The molecule has 5 rings (SSSR count). The molecule has 0 atom stereocenters. The van der Waals surface area contributed by atoms with Crippen LogP contribution in [0.3, 0.4) is 0 Å². The van der Waals surface area contributed by atoms with Crippen molar-refractivity contribution < 1.29 is 4.21 Å². The van der Waals surface area contributed by atoms with Crippen LogP contribution in [0.1, 0.15) is 45.6 Å². The van der Waals surface area contributed by atoms with Crippen molar-refractivity contribution in [2.24, 2.45) is 5.92 Å². The van der Waals surface area contributed by atoms with E-state index in [-0.39, 0.29) is 0 Å². The maximum atomic E-state index is 11.6. The van der Waals surface area contributed by atoms with Gasteiger partial charge >= 0.3 is 0 Å². The second kappa shape index (κ2) is 8.97. The highest BCUT2D eigenvalue weighted by Gasteiger charge is 2.19. The van der Waals surface area contributed by atoms with Crippen LogP contribution in [0.15, 0.2) is 43.2 Å². The number of fused-ring (bicyclic) bond motifs is 1. The van der Waals surface area contributed by atoms with E-state index in [0.717, 1.165) is 71.8 Å². The lowest BCUT2D eigenvalue weighted by Crippen LogP contribution is -2.22. The van der Waals surface area contributed by atoms with Crippen LogP contribution in [-0.2, 0) is 17.3 Å².